The molecule has 4 heteroatoms. The van der Waals surface area contributed by atoms with Gasteiger partial charge in [-0.05, 0) is 19.4 Å². The van der Waals surface area contributed by atoms with E-state index in [0.717, 1.165) is 19.3 Å². The molecule has 90 valence electrons. The fraction of sp³-hybridized carbons (Fsp3) is 0.583. The summed E-state index contributed by atoms with van der Waals surface area (Å²) in [7, 11) is 0. The molecule has 0 saturated carbocycles. The molecule has 0 aromatic carbocycles. The number of carbonyl (C=O) groups is 1. The van der Waals surface area contributed by atoms with Crippen LogP contribution in [-0.4, -0.2) is 17.7 Å². The standard InChI is InChI=1S/C12H18O4/c1-3-4-5-6-15-8-10-7-11(12(13)14)9(2)16-10/h7H,3-6,8H2,1-2H3,(H,13,14). The molecule has 1 aromatic rings. The van der Waals surface area contributed by atoms with Gasteiger partial charge in [0.2, 0.25) is 0 Å². The lowest BCUT2D eigenvalue weighted by Gasteiger charge is -2.00. The Morgan fingerprint density at radius 3 is 2.81 bits per heavy atom. The van der Waals surface area contributed by atoms with E-state index < -0.39 is 5.97 Å². The lowest BCUT2D eigenvalue weighted by molar-refractivity contribution is 0.0695. The van der Waals surface area contributed by atoms with Gasteiger partial charge in [-0.1, -0.05) is 19.8 Å². The molecule has 16 heavy (non-hydrogen) atoms. The second-order valence-corrected chi connectivity index (χ2v) is 3.75. The minimum Gasteiger partial charge on any atom is -0.478 e. The highest BCUT2D eigenvalue weighted by Gasteiger charge is 2.13. The largest absolute Gasteiger partial charge is 0.478 e. The summed E-state index contributed by atoms with van der Waals surface area (Å²) in [5.41, 5.74) is 0.215. The molecule has 0 fully saturated rings. The Kier molecular flexibility index (Phi) is 5.05. The van der Waals surface area contributed by atoms with E-state index in [1.807, 2.05) is 0 Å². The first-order chi connectivity index (χ1) is 7.65. The van der Waals surface area contributed by atoms with E-state index in [-0.39, 0.29) is 5.56 Å². The molecule has 0 amide bonds. The maximum atomic E-state index is 10.7. The lowest BCUT2D eigenvalue weighted by atomic mass is 10.2. The first kappa shape index (κ1) is 12.8. The van der Waals surface area contributed by atoms with Gasteiger partial charge >= 0.3 is 5.97 Å². The molecule has 1 N–H and O–H groups in total. The molecule has 0 aliphatic heterocycles. The zero-order chi connectivity index (χ0) is 12.0. The van der Waals surface area contributed by atoms with E-state index >= 15 is 0 Å². The van der Waals surface area contributed by atoms with Gasteiger partial charge in [0.15, 0.2) is 0 Å². The fourth-order valence-corrected chi connectivity index (χ4v) is 1.45. The van der Waals surface area contributed by atoms with Crippen molar-refractivity contribution in [1.82, 2.24) is 0 Å². The van der Waals surface area contributed by atoms with Crippen LogP contribution >= 0.6 is 0 Å². The summed E-state index contributed by atoms with van der Waals surface area (Å²) >= 11 is 0. The first-order valence-electron chi connectivity index (χ1n) is 5.55. The predicted octanol–water partition coefficient (Wildman–Crippen LogP) is 2.99. The van der Waals surface area contributed by atoms with Gasteiger partial charge in [0.05, 0.1) is 0 Å². The van der Waals surface area contributed by atoms with E-state index in [1.165, 1.54) is 6.07 Å². The molecule has 0 atom stereocenters. The van der Waals surface area contributed by atoms with Gasteiger partial charge in [0.25, 0.3) is 0 Å². The van der Waals surface area contributed by atoms with Crippen molar-refractivity contribution < 1.29 is 19.1 Å². The van der Waals surface area contributed by atoms with Crippen molar-refractivity contribution >= 4 is 5.97 Å². The lowest BCUT2D eigenvalue weighted by Crippen LogP contribution is -1.96. The molecule has 1 rings (SSSR count). The zero-order valence-electron chi connectivity index (χ0n) is 9.78. The summed E-state index contributed by atoms with van der Waals surface area (Å²) in [6, 6.07) is 1.53. The van der Waals surface area contributed by atoms with Crippen LogP contribution in [0.25, 0.3) is 0 Å². The summed E-state index contributed by atoms with van der Waals surface area (Å²) in [5.74, 6) is 0.0459. The third-order valence-electron chi connectivity index (χ3n) is 2.34. The van der Waals surface area contributed by atoms with Gasteiger partial charge in [-0.2, -0.15) is 0 Å². The normalized spacial score (nSPS) is 10.6. The molecule has 0 bridgehead atoms. The number of carboxylic acids is 1. The van der Waals surface area contributed by atoms with Gasteiger partial charge in [-0.25, -0.2) is 4.79 Å². The Bertz CT molecular complexity index is 341. The van der Waals surface area contributed by atoms with Crippen LogP contribution in [0.2, 0.25) is 0 Å². The van der Waals surface area contributed by atoms with Crippen LogP contribution in [0.1, 0.15) is 48.1 Å². The molecule has 0 aliphatic rings. The summed E-state index contributed by atoms with van der Waals surface area (Å²) < 4.78 is 10.7. The van der Waals surface area contributed by atoms with Gasteiger partial charge in [-0.3, -0.25) is 0 Å². The van der Waals surface area contributed by atoms with Crippen molar-refractivity contribution in [1.29, 1.82) is 0 Å². The fourth-order valence-electron chi connectivity index (χ4n) is 1.45. The maximum Gasteiger partial charge on any atom is 0.339 e. The molecule has 4 nitrogen and oxygen atoms in total. The number of aryl methyl sites for hydroxylation is 1. The maximum absolute atomic E-state index is 10.7. The van der Waals surface area contributed by atoms with Crippen LogP contribution in [-0.2, 0) is 11.3 Å². The van der Waals surface area contributed by atoms with Crippen LogP contribution < -0.4 is 0 Å². The molecule has 0 unspecified atom stereocenters. The van der Waals surface area contributed by atoms with Gasteiger partial charge in [-0.15, -0.1) is 0 Å². The highest BCUT2D eigenvalue weighted by Crippen LogP contribution is 2.15. The molecular weight excluding hydrogens is 208 g/mol. The molecule has 0 aliphatic carbocycles. The van der Waals surface area contributed by atoms with Crippen LogP contribution in [0, 0.1) is 6.92 Å². The van der Waals surface area contributed by atoms with E-state index in [9.17, 15) is 4.79 Å². The van der Waals surface area contributed by atoms with Crippen LogP contribution in [0.15, 0.2) is 10.5 Å². The van der Waals surface area contributed by atoms with Crippen LogP contribution in [0.4, 0.5) is 0 Å². The van der Waals surface area contributed by atoms with Crippen LogP contribution in [0.3, 0.4) is 0 Å². The number of furan rings is 1. The second-order valence-electron chi connectivity index (χ2n) is 3.75. The number of unbranched alkanes of at least 4 members (excludes halogenated alkanes) is 2. The number of rotatable bonds is 7. The minimum absolute atomic E-state index is 0.215. The Labute approximate surface area is 95.2 Å². The van der Waals surface area contributed by atoms with Crippen LogP contribution in [0.5, 0.6) is 0 Å². The zero-order valence-corrected chi connectivity index (χ0v) is 9.78. The molecule has 1 aromatic heterocycles. The highest BCUT2D eigenvalue weighted by atomic mass is 16.5. The van der Waals surface area contributed by atoms with Gasteiger partial charge < -0.3 is 14.3 Å². The third-order valence-corrected chi connectivity index (χ3v) is 2.34. The Morgan fingerprint density at radius 1 is 1.50 bits per heavy atom. The van der Waals surface area contributed by atoms with Crippen molar-refractivity contribution in [2.75, 3.05) is 6.61 Å². The second kappa shape index (κ2) is 6.33. The van der Waals surface area contributed by atoms with E-state index in [0.29, 0.717) is 24.7 Å². The van der Waals surface area contributed by atoms with Crippen molar-refractivity contribution in [2.24, 2.45) is 0 Å². The number of hydrogen-bond acceptors (Lipinski definition) is 3. The average Bonchev–Trinajstić information content (AvgIpc) is 2.59. The number of aromatic carboxylic acids is 1. The SMILES string of the molecule is CCCCCOCc1cc(C(=O)O)c(C)o1. The first-order valence-corrected chi connectivity index (χ1v) is 5.55. The van der Waals surface area contributed by atoms with Crippen molar-refractivity contribution in [3.63, 3.8) is 0 Å². The molecule has 0 spiro atoms. The highest BCUT2D eigenvalue weighted by molar-refractivity contribution is 5.88. The van der Waals surface area contributed by atoms with Gasteiger partial charge in [0, 0.05) is 6.61 Å². The molecule has 0 radical (unpaired) electrons. The number of hydrogen-bond donors (Lipinski definition) is 1. The molecule has 0 saturated heterocycles. The summed E-state index contributed by atoms with van der Waals surface area (Å²) in [6.07, 6.45) is 3.34. The summed E-state index contributed by atoms with van der Waals surface area (Å²) in [5, 5.41) is 8.82. The number of ether oxygens (including phenoxy) is 1. The summed E-state index contributed by atoms with van der Waals surface area (Å²) in [6.45, 7) is 4.81. The smallest absolute Gasteiger partial charge is 0.339 e. The van der Waals surface area contributed by atoms with E-state index in [4.69, 9.17) is 14.3 Å². The third kappa shape index (κ3) is 3.70. The average molecular weight is 226 g/mol. The summed E-state index contributed by atoms with van der Waals surface area (Å²) in [4.78, 5) is 10.7. The Balaban J connectivity index is 2.37. The Morgan fingerprint density at radius 2 is 2.25 bits per heavy atom. The van der Waals surface area contributed by atoms with Crippen molar-refractivity contribution in [2.45, 2.75) is 39.7 Å². The van der Waals surface area contributed by atoms with Crippen molar-refractivity contribution in [3.05, 3.63) is 23.2 Å². The number of carboxylic acid groups (broad SMARTS) is 1. The monoisotopic (exact) mass is 226 g/mol. The predicted molar refractivity (Wildman–Crippen MR) is 59.6 cm³/mol. The minimum atomic E-state index is -0.960. The van der Waals surface area contributed by atoms with E-state index in [2.05, 4.69) is 6.92 Å². The topological polar surface area (TPSA) is 59.7 Å². The molecular formula is C12H18O4. The van der Waals surface area contributed by atoms with E-state index in [1.54, 1.807) is 6.92 Å². The van der Waals surface area contributed by atoms with Crippen molar-refractivity contribution in [3.8, 4) is 0 Å². The van der Waals surface area contributed by atoms with Gasteiger partial charge in [0.1, 0.15) is 23.7 Å². The Hall–Kier alpha value is -1.29. The quantitative estimate of drug-likeness (QED) is 0.726. The molecule has 1 heterocycles.